The van der Waals surface area contributed by atoms with Crippen LogP contribution in [-0.2, 0) is 9.84 Å². The van der Waals surface area contributed by atoms with Gasteiger partial charge in [0.05, 0.1) is 11.3 Å². The minimum Gasteiger partial charge on any atom is -0.384 e. The normalized spacial score (nSPS) is 11.2. The summed E-state index contributed by atoms with van der Waals surface area (Å²) in [7, 11) is -3.09. The van der Waals surface area contributed by atoms with Crippen molar-refractivity contribution in [2.24, 2.45) is 0 Å². The van der Waals surface area contributed by atoms with E-state index in [-0.39, 0.29) is 18.2 Å². The minimum absolute atomic E-state index is 0.0808. The Balaban J connectivity index is 2.77. The summed E-state index contributed by atoms with van der Waals surface area (Å²) in [6.45, 7) is 2.84. The average molecular weight is 319 g/mol. The number of hydrogen-bond acceptors (Lipinski definition) is 4. The summed E-state index contributed by atoms with van der Waals surface area (Å²) in [6.07, 6.45) is 2.06. The van der Waals surface area contributed by atoms with Crippen molar-refractivity contribution in [2.45, 2.75) is 13.3 Å². The summed E-state index contributed by atoms with van der Waals surface area (Å²) in [4.78, 5) is 12.1. The highest BCUT2D eigenvalue weighted by atomic mass is 35.5. The Kier molecular flexibility index (Phi) is 6.29. The Hall–Kier alpha value is -1.27. The van der Waals surface area contributed by atoms with E-state index in [1.54, 1.807) is 18.2 Å². The molecule has 0 radical (unpaired) electrons. The van der Waals surface area contributed by atoms with Gasteiger partial charge in [0.1, 0.15) is 9.84 Å². The van der Waals surface area contributed by atoms with Crippen LogP contribution in [0, 0.1) is 0 Å². The van der Waals surface area contributed by atoms with Gasteiger partial charge in [-0.05, 0) is 24.6 Å². The Morgan fingerprint density at radius 1 is 1.30 bits per heavy atom. The van der Waals surface area contributed by atoms with E-state index in [0.717, 1.165) is 19.2 Å². The molecule has 0 fully saturated rings. The second-order valence-electron chi connectivity index (χ2n) is 4.50. The molecule has 0 saturated carbocycles. The fourth-order valence-corrected chi connectivity index (χ4v) is 2.21. The second kappa shape index (κ2) is 7.50. The van der Waals surface area contributed by atoms with Crippen molar-refractivity contribution in [3.63, 3.8) is 0 Å². The zero-order valence-corrected chi connectivity index (χ0v) is 13.1. The lowest BCUT2D eigenvalue weighted by molar-refractivity contribution is 0.0957. The number of carbonyl (C=O) groups excluding carboxylic acids is 1. The molecule has 0 aromatic heterocycles. The number of nitrogens with one attached hydrogen (secondary N) is 2. The molecule has 2 N–H and O–H groups in total. The Morgan fingerprint density at radius 3 is 2.60 bits per heavy atom. The van der Waals surface area contributed by atoms with Gasteiger partial charge < -0.3 is 10.6 Å². The van der Waals surface area contributed by atoms with Gasteiger partial charge in [0.25, 0.3) is 5.91 Å². The number of hydrogen-bond donors (Lipinski definition) is 2. The smallest absolute Gasteiger partial charge is 0.253 e. The molecular formula is C13H19ClN2O3S. The van der Waals surface area contributed by atoms with Crippen LogP contribution in [0.4, 0.5) is 5.69 Å². The molecule has 1 rings (SSSR count). The van der Waals surface area contributed by atoms with E-state index < -0.39 is 9.84 Å². The van der Waals surface area contributed by atoms with Crippen LogP contribution >= 0.6 is 11.6 Å². The molecule has 0 aliphatic heterocycles. The summed E-state index contributed by atoms with van der Waals surface area (Å²) in [6, 6.07) is 5.01. The first-order valence-electron chi connectivity index (χ1n) is 6.33. The molecule has 0 atom stereocenters. The average Bonchev–Trinajstić information content (AvgIpc) is 2.35. The number of rotatable bonds is 7. The fourth-order valence-electron chi connectivity index (χ4n) is 1.56. The van der Waals surface area contributed by atoms with Crippen LogP contribution in [0.1, 0.15) is 23.7 Å². The SMILES string of the molecule is CCCNc1ccc(Cl)cc1C(=O)NCCS(C)(=O)=O. The van der Waals surface area contributed by atoms with Crippen LogP contribution in [0.3, 0.4) is 0 Å². The molecule has 1 amide bonds. The van der Waals surface area contributed by atoms with Crippen LogP contribution < -0.4 is 10.6 Å². The van der Waals surface area contributed by atoms with Crippen LogP contribution in [0.5, 0.6) is 0 Å². The third-order valence-corrected chi connectivity index (χ3v) is 3.73. The first-order valence-corrected chi connectivity index (χ1v) is 8.76. The van der Waals surface area contributed by atoms with Crippen LogP contribution in [0.15, 0.2) is 18.2 Å². The van der Waals surface area contributed by atoms with E-state index in [1.807, 2.05) is 6.92 Å². The molecule has 0 aliphatic rings. The highest BCUT2D eigenvalue weighted by Gasteiger charge is 2.12. The lowest BCUT2D eigenvalue weighted by Gasteiger charge is -2.12. The summed E-state index contributed by atoms with van der Waals surface area (Å²) in [5.74, 6) is -0.424. The van der Waals surface area contributed by atoms with Gasteiger partial charge in [-0.15, -0.1) is 0 Å². The van der Waals surface area contributed by atoms with Crippen molar-refractivity contribution in [1.82, 2.24) is 5.32 Å². The number of halogens is 1. The molecule has 0 spiro atoms. The first-order chi connectivity index (χ1) is 9.33. The lowest BCUT2D eigenvalue weighted by atomic mass is 10.1. The Bertz CT molecular complexity index is 573. The van der Waals surface area contributed by atoms with Gasteiger partial charge in [-0.25, -0.2) is 8.42 Å². The van der Waals surface area contributed by atoms with Crippen LogP contribution in [0.2, 0.25) is 5.02 Å². The monoisotopic (exact) mass is 318 g/mol. The van der Waals surface area contributed by atoms with Gasteiger partial charge in [0.15, 0.2) is 0 Å². The first kappa shape index (κ1) is 16.8. The summed E-state index contributed by atoms with van der Waals surface area (Å²) in [5.41, 5.74) is 1.10. The number of amides is 1. The Labute approximate surface area is 124 Å². The van der Waals surface area contributed by atoms with E-state index in [2.05, 4.69) is 10.6 Å². The van der Waals surface area contributed by atoms with Crippen molar-refractivity contribution >= 4 is 33.0 Å². The minimum atomic E-state index is -3.09. The maximum absolute atomic E-state index is 12.1. The topological polar surface area (TPSA) is 75.3 Å². The largest absolute Gasteiger partial charge is 0.384 e. The maximum Gasteiger partial charge on any atom is 0.253 e. The molecule has 7 heteroatoms. The van der Waals surface area contributed by atoms with Crippen molar-refractivity contribution in [2.75, 3.05) is 30.4 Å². The number of carbonyl (C=O) groups is 1. The summed E-state index contributed by atoms with van der Waals surface area (Å²) < 4.78 is 22.1. The molecule has 0 bridgehead atoms. The molecule has 0 unspecified atom stereocenters. The van der Waals surface area contributed by atoms with Gasteiger partial charge >= 0.3 is 0 Å². The molecule has 0 saturated heterocycles. The highest BCUT2D eigenvalue weighted by molar-refractivity contribution is 7.90. The summed E-state index contributed by atoms with van der Waals surface area (Å²) >= 11 is 5.90. The van der Waals surface area contributed by atoms with Gasteiger partial charge in [-0.2, -0.15) is 0 Å². The molecule has 1 aromatic carbocycles. The van der Waals surface area contributed by atoms with E-state index in [4.69, 9.17) is 11.6 Å². The molecule has 0 heterocycles. The van der Waals surface area contributed by atoms with Gasteiger partial charge in [-0.3, -0.25) is 4.79 Å². The molecule has 20 heavy (non-hydrogen) atoms. The van der Waals surface area contributed by atoms with Crippen molar-refractivity contribution in [1.29, 1.82) is 0 Å². The predicted molar refractivity (Wildman–Crippen MR) is 82.3 cm³/mol. The van der Waals surface area contributed by atoms with E-state index >= 15 is 0 Å². The number of benzene rings is 1. The quantitative estimate of drug-likeness (QED) is 0.805. The van der Waals surface area contributed by atoms with Gasteiger partial charge in [0, 0.05) is 30.1 Å². The van der Waals surface area contributed by atoms with Gasteiger partial charge in [-0.1, -0.05) is 18.5 Å². The molecular weight excluding hydrogens is 300 g/mol. The third-order valence-electron chi connectivity index (χ3n) is 2.55. The Morgan fingerprint density at radius 2 is 2.00 bits per heavy atom. The second-order valence-corrected chi connectivity index (χ2v) is 7.20. The number of sulfone groups is 1. The zero-order chi connectivity index (χ0) is 15.2. The van der Waals surface area contributed by atoms with Crippen molar-refractivity contribution in [3.05, 3.63) is 28.8 Å². The van der Waals surface area contributed by atoms with E-state index in [0.29, 0.717) is 16.3 Å². The standard InChI is InChI=1S/C13H19ClN2O3S/c1-3-6-15-12-5-4-10(14)9-11(12)13(17)16-7-8-20(2,18)19/h4-5,9,15H,3,6-8H2,1-2H3,(H,16,17). The predicted octanol–water partition coefficient (Wildman–Crippen LogP) is 1.94. The molecule has 112 valence electrons. The highest BCUT2D eigenvalue weighted by Crippen LogP contribution is 2.20. The van der Waals surface area contributed by atoms with Gasteiger partial charge in [0.2, 0.25) is 0 Å². The van der Waals surface area contributed by atoms with Crippen LogP contribution in [0.25, 0.3) is 0 Å². The zero-order valence-electron chi connectivity index (χ0n) is 11.6. The lowest BCUT2D eigenvalue weighted by Crippen LogP contribution is -2.29. The molecule has 0 aliphatic carbocycles. The van der Waals surface area contributed by atoms with E-state index in [1.165, 1.54) is 0 Å². The van der Waals surface area contributed by atoms with Crippen LogP contribution in [-0.4, -0.2) is 39.4 Å². The van der Waals surface area contributed by atoms with Crippen molar-refractivity contribution in [3.8, 4) is 0 Å². The fraction of sp³-hybridized carbons (Fsp3) is 0.462. The van der Waals surface area contributed by atoms with Crippen molar-refractivity contribution < 1.29 is 13.2 Å². The molecule has 1 aromatic rings. The van der Waals surface area contributed by atoms with E-state index in [9.17, 15) is 13.2 Å². The summed E-state index contributed by atoms with van der Waals surface area (Å²) in [5, 5.41) is 6.18. The third kappa shape index (κ3) is 5.79. The number of anilines is 1. The maximum atomic E-state index is 12.1. The molecule has 5 nitrogen and oxygen atoms in total.